The minimum Gasteiger partial charge on any atom is -0.380 e. The Balaban J connectivity index is 2.16. The summed E-state index contributed by atoms with van der Waals surface area (Å²) in [6.45, 7) is 2.22. The van der Waals surface area contributed by atoms with Gasteiger partial charge in [-0.05, 0) is 23.3 Å². The predicted octanol–water partition coefficient (Wildman–Crippen LogP) is 3.83. The molecular weight excluding hydrogens is 306 g/mol. The first kappa shape index (κ1) is 15.9. The lowest BCUT2D eigenvalue weighted by molar-refractivity contribution is 0.597. The van der Waals surface area contributed by atoms with Crippen molar-refractivity contribution < 1.29 is 8.42 Å². The van der Waals surface area contributed by atoms with Crippen molar-refractivity contribution in [3.05, 3.63) is 59.7 Å². The van der Waals surface area contributed by atoms with Gasteiger partial charge < -0.3 is 5.32 Å². The van der Waals surface area contributed by atoms with Gasteiger partial charge >= 0.3 is 0 Å². The van der Waals surface area contributed by atoms with E-state index in [0.717, 1.165) is 11.1 Å². The molecule has 0 amide bonds. The number of anilines is 1. The average Bonchev–Trinajstić information content (AvgIpc) is 2.53. The molecule has 0 aliphatic heterocycles. The Hall–Kier alpha value is -1.52. The fraction of sp³-hybridized carbons (Fsp3) is 0.250. The van der Waals surface area contributed by atoms with E-state index < -0.39 is 9.84 Å². The first-order valence-electron chi connectivity index (χ1n) is 6.76. The second kappa shape index (κ2) is 6.96. The number of alkyl halides is 1. The van der Waals surface area contributed by atoms with Gasteiger partial charge in [-0.15, -0.1) is 11.6 Å². The SMILES string of the molecule is CCS(=O)(=O)c1ccccc1NCc1ccc(CCl)cc1. The normalized spacial score (nSPS) is 11.3. The molecule has 0 saturated carbocycles. The number of hydrogen-bond acceptors (Lipinski definition) is 3. The van der Waals surface area contributed by atoms with Crippen LogP contribution in [0.3, 0.4) is 0 Å². The van der Waals surface area contributed by atoms with Crippen molar-refractivity contribution in [3.8, 4) is 0 Å². The molecule has 0 spiro atoms. The van der Waals surface area contributed by atoms with Crippen molar-refractivity contribution in [1.29, 1.82) is 0 Å². The minimum atomic E-state index is -3.22. The van der Waals surface area contributed by atoms with Crippen LogP contribution in [0.1, 0.15) is 18.1 Å². The Morgan fingerprint density at radius 3 is 2.24 bits per heavy atom. The van der Waals surface area contributed by atoms with Gasteiger partial charge in [0, 0.05) is 12.4 Å². The maximum atomic E-state index is 12.1. The molecule has 5 heteroatoms. The van der Waals surface area contributed by atoms with Crippen molar-refractivity contribution in [2.75, 3.05) is 11.1 Å². The number of sulfone groups is 1. The number of hydrogen-bond donors (Lipinski definition) is 1. The van der Waals surface area contributed by atoms with Crippen LogP contribution in [0.2, 0.25) is 0 Å². The van der Waals surface area contributed by atoms with Crippen LogP contribution in [0, 0.1) is 0 Å². The van der Waals surface area contributed by atoms with Gasteiger partial charge in [0.15, 0.2) is 9.84 Å². The molecule has 0 atom stereocenters. The Kier molecular flexibility index (Phi) is 5.26. The van der Waals surface area contributed by atoms with Crippen LogP contribution in [-0.4, -0.2) is 14.2 Å². The lowest BCUT2D eigenvalue weighted by atomic mass is 10.1. The second-order valence-electron chi connectivity index (χ2n) is 4.70. The summed E-state index contributed by atoms with van der Waals surface area (Å²) in [5, 5.41) is 3.20. The van der Waals surface area contributed by atoms with E-state index >= 15 is 0 Å². The fourth-order valence-corrected chi connectivity index (χ4v) is 3.23. The lowest BCUT2D eigenvalue weighted by Gasteiger charge is -2.12. The molecule has 3 nitrogen and oxygen atoms in total. The molecular formula is C16H18ClNO2S. The summed E-state index contributed by atoms with van der Waals surface area (Å²) in [6.07, 6.45) is 0. The first-order chi connectivity index (χ1) is 10.1. The van der Waals surface area contributed by atoms with E-state index in [4.69, 9.17) is 11.6 Å². The number of para-hydroxylation sites is 1. The van der Waals surface area contributed by atoms with Crippen LogP contribution >= 0.6 is 11.6 Å². The molecule has 2 aromatic rings. The zero-order chi connectivity index (χ0) is 15.3. The highest BCUT2D eigenvalue weighted by Gasteiger charge is 2.15. The zero-order valence-electron chi connectivity index (χ0n) is 11.8. The summed E-state index contributed by atoms with van der Waals surface area (Å²) in [4.78, 5) is 0.352. The van der Waals surface area contributed by atoms with Crippen LogP contribution in [0.4, 0.5) is 5.69 Å². The van der Waals surface area contributed by atoms with Crippen molar-refractivity contribution in [1.82, 2.24) is 0 Å². The average molecular weight is 324 g/mol. The summed E-state index contributed by atoms with van der Waals surface area (Å²) in [5.74, 6) is 0.585. The molecule has 0 aliphatic carbocycles. The van der Waals surface area contributed by atoms with Crippen molar-refractivity contribution >= 4 is 27.1 Å². The van der Waals surface area contributed by atoms with Gasteiger partial charge in [-0.25, -0.2) is 8.42 Å². The third-order valence-corrected chi connectivity index (χ3v) is 5.36. The first-order valence-corrected chi connectivity index (χ1v) is 8.95. The quantitative estimate of drug-likeness (QED) is 0.822. The van der Waals surface area contributed by atoms with Gasteiger partial charge in [-0.1, -0.05) is 43.3 Å². The van der Waals surface area contributed by atoms with E-state index in [2.05, 4.69) is 5.32 Å². The monoisotopic (exact) mass is 323 g/mol. The molecule has 2 aromatic carbocycles. The lowest BCUT2D eigenvalue weighted by Crippen LogP contribution is -2.09. The summed E-state index contributed by atoms with van der Waals surface area (Å²) in [5.41, 5.74) is 2.78. The molecule has 0 heterocycles. The number of benzene rings is 2. The van der Waals surface area contributed by atoms with Gasteiger partial charge in [-0.3, -0.25) is 0 Å². The minimum absolute atomic E-state index is 0.0934. The summed E-state index contributed by atoms with van der Waals surface area (Å²) in [6, 6.07) is 14.9. The molecule has 0 saturated heterocycles. The number of nitrogens with one attached hydrogen (secondary N) is 1. The smallest absolute Gasteiger partial charge is 0.180 e. The van der Waals surface area contributed by atoms with E-state index in [9.17, 15) is 8.42 Å². The van der Waals surface area contributed by atoms with Crippen LogP contribution in [0.5, 0.6) is 0 Å². The molecule has 2 rings (SSSR count). The topological polar surface area (TPSA) is 46.2 Å². The molecule has 0 fully saturated rings. The Bertz CT molecular complexity index is 696. The molecule has 0 unspecified atom stereocenters. The molecule has 1 N–H and O–H groups in total. The van der Waals surface area contributed by atoms with E-state index in [1.165, 1.54) is 0 Å². The van der Waals surface area contributed by atoms with Crippen LogP contribution < -0.4 is 5.32 Å². The van der Waals surface area contributed by atoms with E-state index in [0.29, 0.717) is 23.0 Å². The van der Waals surface area contributed by atoms with Crippen molar-refractivity contribution in [2.45, 2.75) is 24.2 Å². The third kappa shape index (κ3) is 3.99. The van der Waals surface area contributed by atoms with Crippen molar-refractivity contribution in [2.24, 2.45) is 0 Å². The van der Waals surface area contributed by atoms with Gasteiger partial charge in [0.25, 0.3) is 0 Å². The maximum Gasteiger partial charge on any atom is 0.180 e. The van der Waals surface area contributed by atoms with Crippen molar-refractivity contribution in [3.63, 3.8) is 0 Å². The largest absolute Gasteiger partial charge is 0.380 e. The van der Waals surface area contributed by atoms with E-state index in [1.807, 2.05) is 30.3 Å². The molecule has 0 aliphatic rings. The highest BCUT2D eigenvalue weighted by molar-refractivity contribution is 7.91. The number of rotatable bonds is 6. The number of halogens is 1. The summed E-state index contributed by atoms with van der Waals surface area (Å²) < 4.78 is 24.1. The molecule has 0 aromatic heterocycles. The zero-order valence-corrected chi connectivity index (χ0v) is 13.4. The Labute approximate surface area is 130 Å². The highest BCUT2D eigenvalue weighted by Crippen LogP contribution is 2.22. The summed E-state index contributed by atoms with van der Waals surface area (Å²) in [7, 11) is -3.22. The Morgan fingerprint density at radius 1 is 1.00 bits per heavy atom. The predicted molar refractivity (Wildman–Crippen MR) is 87.5 cm³/mol. The van der Waals surface area contributed by atoms with Crippen LogP contribution in [-0.2, 0) is 22.3 Å². The summed E-state index contributed by atoms with van der Waals surface area (Å²) >= 11 is 5.76. The van der Waals surface area contributed by atoms with Gasteiger partial charge in [0.2, 0.25) is 0 Å². The third-order valence-electron chi connectivity index (χ3n) is 3.26. The molecule has 0 bridgehead atoms. The second-order valence-corrected chi connectivity index (χ2v) is 7.22. The molecule has 0 radical (unpaired) electrons. The maximum absolute atomic E-state index is 12.1. The van der Waals surface area contributed by atoms with Crippen LogP contribution in [0.25, 0.3) is 0 Å². The molecule has 21 heavy (non-hydrogen) atoms. The van der Waals surface area contributed by atoms with E-state index in [-0.39, 0.29) is 5.75 Å². The van der Waals surface area contributed by atoms with Gasteiger partial charge in [0.1, 0.15) is 0 Å². The fourth-order valence-electron chi connectivity index (χ4n) is 1.98. The van der Waals surface area contributed by atoms with E-state index in [1.54, 1.807) is 25.1 Å². The van der Waals surface area contributed by atoms with Crippen LogP contribution in [0.15, 0.2) is 53.4 Å². The van der Waals surface area contributed by atoms with Gasteiger partial charge in [-0.2, -0.15) is 0 Å². The Morgan fingerprint density at radius 2 is 1.62 bits per heavy atom. The van der Waals surface area contributed by atoms with Gasteiger partial charge in [0.05, 0.1) is 16.3 Å². The standard InChI is InChI=1S/C16H18ClNO2S/c1-2-21(19,20)16-6-4-3-5-15(16)18-12-14-9-7-13(11-17)8-10-14/h3-10,18H,2,11-12H2,1H3. The highest BCUT2D eigenvalue weighted by atomic mass is 35.5. The molecule has 112 valence electrons.